The second kappa shape index (κ2) is 8.63. The third-order valence-electron chi connectivity index (χ3n) is 5.80. The first-order chi connectivity index (χ1) is 13.0. The van der Waals surface area contributed by atoms with Gasteiger partial charge < -0.3 is 19.4 Å². The van der Waals surface area contributed by atoms with Crippen LogP contribution in [0.3, 0.4) is 0 Å². The molecule has 0 aromatic heterocycles. The van der Waals surface area contributed by atoms with Crippen LogP contribution in [0.2, 0.25) is 0 Å². The van der Waals surface area contributed by atoms with Crippen molar-refractivity contribution in [1.82, 2.24) is 9.80 Å². The van der Waals surface area contributed by atoms with E-state index >= 15 is 0 Å². The first kappa shape index (κ1) is 19.5. The SMILES string of the molecule is CCOC(=O)N1CCCC(C(=O)N2CCN(c3cccc(C)c3C)CC2)C1. The summed E-state index contributed by atoms with van der Waals surface area (Å²) in [4.78, 5) is 31.0. The average Bonchev–Trinajstić information content (AvgIpc) is 2.70. The second-order valence-electron chi connectivity index (χ2n) is 7.52. The monoisotopic (exact) mass is 373 g/mol. The van der Waals surface area contributed by atoms with E-state index in [1.165, 1.54) is 16.8 Å². The van der Waals surface area contributed by atoms with Crippen molar-refractivity contribution in [1.29, 1.82) is 0 Å². The molecule has 148 valence electrons. The summed E-state index contributed by atoms with van der Waals surface area (Å²) in [6.45, 7) is 10.8. The third-order valence-corrected chi connectivity index (χ3v) is 5.80. The highest BCUT2D eigenvalue weighted by atomic mass is 16.6. The van der Waals surface area contributed by atoms with Crippen molar-refractivity contribution in [3.63, 3.8) is 0 Å². The van der Waals surface area contributed by atoms with Crippen LogP contribution in [-0.2, 0) is 9.53 Å². The maximum atomic E-state index is 13.0. The zero-order valence-corrected chi connectivity index (χ0v) is 16.7. The van der Waals surface area contributed by atoms with Gasteiger partial charge in [-0.25, -0.2) is 4.79 Å². The Bertz CT molecular complexity index is 683. The Hall–Kier alpha value is -2.24. The third kappa shape index (κ3) is 4.37. The smallest absolute Gasteiger partial charge is 0.409 e. The van der Waals surface area contributed by atoms with Gasteiger partial charge in [0.05, 0.1) is 12.5 Å². The summed E-state index contributed by atoms with van der Waals surface area (Å²) in [7, 11) is 0. The Morgan fingerprint density at radius 1 is 1.07 bits per heavy atom. The van der Waals surface area contributed by atoms with Crippen LogP contribution in [0.15, 0.2) is 18.2 Å². The molecule has 2 aliphatic rings. The standard InChI is InChI=1S/C21H31N3O3/c1-4-27-21(26)24-10-6-8-18(15-24)20(25)23-13-11-22(12-14-23)19-9-5-7-16(2)17(19)3/h5,7,9,18H,4,6,8,10-15H2,1-3H3. The Kier molecular flexibility index (Phi) is 6.24. The Labute approximate surface area is 162 Å². The first-order valence-electron chi connectivity index (χ1n) is 10.0. The van der Waals surface area contributed by atoms with E-state index in [2.05, 4.69) is 36.9 Å². The molecule has 0 aliphatic carbocycles. The van der Waals surface area contributed by atoms with E-state index in [0.717, 1.165) is 39.0 Å². The predicted molar refractivity (Wildman–Crippen MR) is 106 cm³/mol. The molecule has 0 spiro atoms. The zero-order valence-electron chi connectivity index (χ0n) is 16.7. The van der Waals surface area contributed by atoms with E-state index in [1.807, 2.05) is 4.90 Å². The molecule has 1 atom stereocenters. The summed E-state index contributed by atoms with van der Waals surface area (Å²) in [5.41, 5.74) is 3.88. The average molecular weight is 373 g/mol. The molecule has 27 heavy (non-hydrogen) atoms. The number of benzene rings is 1. The van der Waals surface area contributed by atoms with Crippen molar-refractivity contribution in [2.75, 3.05) is 50.8 Å². The maximum absolute atomic E-state index is 13.0. The summed E-state index contributed by atoms with van der Waals surface area (Å²) in [6, 6.07) is 6.40. The van der Waals surface area contributed by atoms with Gasteiger partial charge in [0.1, 0.15) is 0 Å². The van der Waals surface area contributed by atoms with E-state index in [-0.39, 0.29) is 17.9 Å². The number of hydrogen-bond donors (Lipinski definition) is 0. The lowest BCUT2D eigenvalue weighted by molar-refractivity contribution is -0.137. The lowest BCUT2D eigenvalue weighted by Gasteiger charge is -2.40. The van der Waals surface area contributed by atoms with Gasteiger partial charge in [-0.05, 0) is 50.8 Å². The quantitative estimate of drug-likeness (QED) is 0.818. The van der Waals surface area contributed by atoms with Gasteiger partial charge in [0, 0.05) is 45.0 Å². The number of amides is 2. The molecule has 1 aromatic rings. The number of anilines is 1. The molecule has 0 bridgehead atoms. The molecule has 3 rings (SSSR count). The van der Waals surface area contributed by atoms with Crippen LogP contribution in [0, 0.1) is 19.8 Å². The van der Waals surface area contributed by atoms with Crippen LogP contribution in [-0.4, -0.2) is 67.7 Å². The van der Waals surface area contributed by atoms with Gasteiger partial charge in [0.15, 0.2) is 0 Å². The summed E-state index contributed by atoms with van der Waals surface area (Å²) in [5.74, 6) is 0.0834. The minimum absolute atomic E-state index is 0.101. The Morgan fingerprint density at radius 3 is 2.52 bits per heavy atom. The summed E-state index contributed by atoms with van der Waals surface area (Å²) in [6.07, 6.45) is 1.42. The summed E-state index contributed by atoms with van der Waals surface area (Å²) in [5, 5.41) is 0. The highest BCUT2D eigenvalue weighted by Gasteiger charge is 2.33. The number of hydrogen-bond acceptors (Lipinski definition) is 4. The number of carbonyl (C=O) groups excluding carboxylic acids is 2. The number of nitrogens with zero attached hydrogens (tertiary/aromatic N) is 3. The van der Waals surface area contributed by atoms with Crippen LogP contribution >= 0.6 is 0 Å². The van der Waals surface area contributed by atoms with E-state index < -0.39 is 0 Å². The molecule has 2 aliphatic heterocycles. The first-order valence-corrected chi connectivity index (χ1v) is 10.0. The molecule has 6 heteroatoms. The van der Waals surface area contributed by atoms with Gasteiger partial charge in [0.2, 0.25) is 5.91 Å². The van der Waals surface area contributed by atoms with Crippen molar-refractivity contribution >= 4 is 17.7 Å². The number of aryl methyl sites for hydroxylation is 1. The molecule has 1 unspecified atom stereocenters. The van der Waals surface area contributed by atoms with Crippen molar-refractivity contribution in [3.8, 4) is 0 Å². The highest BCUT2D eigenvalue weighted by molar-refractivity contribution is 5.80. The molecule has 2 amide bonds. The lowest BCUT2D eigenvalue weighted by Crippen LogP contribution is -2.53. The second-order valence-corrected chi connectivity index (χ2v) is 7.52. The molecular formula is C21H31N3O3. The Balaban J connectivity index is 1.56. The van der Waals surface area contributed by atoms with Gasteiger partial charge >= 0.3 is 6.09 Å². The molecule has 6 nitrogen and oxygen atoms in total. The van der Waals surface area contributed by atoms with Crippen LogP contribution in [0.4, 0.5) is 10.5 Å². The number of likely N-dealkylation sites (tertiary alicyclic amines) is 1. The van der Waals surface area contributed by atoms with Crippen molar-refractivity contribution in [2.45, 2.75) is 33.6 Å². The zero-order chi connectivity index (χ0) is 19.4. The number of piperazine rings is 1. The lowest BCUT2D eigenvalue weighted by atomic mass is 9.96. The van der Waals surface area contributed by atoms with Gasteiger partial charge in [-0.15, -0.1) is 0 Å². The van der Waals surface area contributed by atoms with Gasteiger partial charge in [-0.2, -0.15) is 0 Å². The van der Waals surface area contributed by atoms with Crippen LogP contribution in [0.25, 0.3) is 0 Å². The summed E-state index contributed by atoms with van der Waals surface area (Å²) >= 11 is 0. The van der Waals surface area contributed by atoms with Crippen LogP contribution in [0.1, 0.15) is 30.9 Å². The fourth-order valence-electron chi connectivity index (χ4n) is 4.06. The maximum Gasteiger partial charge on any atom is 0.409 e. The van der Waals surface area contributed by atoms with E-state index in [0.29, 0.717) is 19.7 Å². The van der Waals surface area contributed by atoms with Crippen molar-refractivity contribution in [2.24, 2.45) is 5.92 Å². The predicted octanol–water partition coefficient (Wildman–Crippen LogP) is 2.82. The van der Waals surface area contributed by atoms with Crippen LogP contribution in [0.5, 0.6) is 0 Å². The van der Waals surface area contributed by atoms with E-state index in [9.17, 15) is 9.59 Å². The summed E-state index contributed by atoms with van der Waals surface area (Å²) < 4.78 is 5.09. The fraction of sp³-hybridized carbons (Fsp3) is 0.619. The molecule has 0 saturated carbocycles. The molecular weight excluding hydrogens is 342 g/mol. The Morgan fingerprint density at radius 2 is 1.81 bits per heavy atom. The normalized spacial score (nSPS) is 20.6. The molecule has 2 fully saturated rings. The number of ether oxygens (including phenoxy) is 1. The minimum atomic E-state index is -0.297. The van der Waals surface area contributed by atoms with Gasteiger partial charge in [0.25, 0.3) is 0 Å². The van der Waals surface area contributed by atoms with E-state index in [4.69, 9.17) is 4.74 Å². The molecule has 2 heterocycles. The minimum Gasteiger partial charge on any atom is -0.450 e. The number of carbonyl (C=O) groups is 2. The largest absolute Gasteiger partial charge is 0.450 e. The molecule has 2 saturated heterocycles. The van der Waals surface area contributed by atoms with Crippen LogP contribution < -0.4 is 4.90 Å². The van der Waals surface area contributed by atoms with Crippen molar-refractivity contribution in [3.05, 3.63) is 29.3 Å². The van der Waals surface area contributed by atoms with Crippen molar-refractivity contribution < 1.29 is 14.3 Å². The molecule has 0 N–H and O–H groups in total. The van der Waals surface area contributed by atoms with Gasteiger partial charge in [-0.3, -0.25) is 4.79 Å². The number of rotatable bonds is 3. The fourth-order valence-corrected chi connectivity index (χ4v) is 4.06. The topological polar surface area (TPSA) is 53.1 Å². The highest BCUT2D eigenvalue weighted by Crippen LogP contribution is 2.25. The van der Waals surface area contributed by atoms with Gasteiger partial charge in [-0.1, -0.05) is 12.1 Å². The van der Waals surface area contributed by atoms with E-state index in [1.54, 1.807) is 11.8 Å². The molecule has 1 aromatic carbocycles. The molecule has 0 radical (unpaired) electrons. The number of piperidine rings is 1.